The van der Waals surface area contributed by atoms with Crippen LogP contribution in [-0.4, -0.2) is 96.7 Å². The molecule has 0 amide bonds. The van der Waals surface area contributed by atoms with Gasteiger partial charge in [0.2, 0.25) is 0 Å². The number of allylic oxidation sites excluding steroid dienone is 30. The van der Waals surface area contributed by atoms with E-state index < -0.39 is 97.5 Å². The molecule has 0 saturated heterocycles. The van der Waals surface area contributed by atoms with Crippen LogP contribution < -0.4 is 0 Å². The number of esters is 4. The van der Waals surface area contributed by atoms with Crippen molar-refractivity contribution >= 4 is 39.5 Å². The molecule has 0 aliphatic heterocycles. The van der Waals surface area contributed by atoms with Gasteiger partial charge in [0, 0.05) is 25.7 Å². The Hall–Kier alpha value is -5.84. The first-order chi connectivity index (χ1) is 51.7. The van der Waals surface area contributed by atoms with E-state index >= 15 is 0 Å². The van der Waals surface area contributed by atoms with E-state index in [0.29, 0.717) is 32.1 Å². The van der Waals surface area contributed by atoms with Gasteiger partial charge in [0.25, 0.3) is 0 Å². The van der Waals surface area contributed by atoms with Crippen LogP contribution in [0.5, 0.6) is 0 Å². The quantitative estimate of drug-likeness (QED) is 0.0169. The predicted octanol–water partition coefficient (Wildman–Crippen LogP) is 23.6. The summed E-state index contributed by atoms with van der Waals surface area (Å²) in [6.45, 7) is 4.29. The van der Waals surface area contributed by atoms with Crippen molar-refractivity contribution < 1.29 is 80.2 Å². The van der Waals surface area contributed by atoms with Crippen LogP contribution >= 0.6 is 15.6 Å². The summed E-state index contributed by atoms with van der Waals surface area (Å²) in [5, 5.41) is 10.7. The molecule has 0 heterocycles. The van der Waals surface area contributed by atoms with Crippen LogP contribution in [0.3, 0.4) is 0 Å². The molecular weight excluding hydrogens is 1380 g/mol. The third-order valence-corrected chi connectivity index (χ3v) is 17.8. The average molecular weight is 1520 g/mol. The van der Waals surface area contributed by atoms with Crippen LogP contribution in [0, 0.1) is 0 Å². The van der Waals surface area contributed by atoms with Crippen molar-refractivity contribution in [3.63, 3.8) is 0 Å². The topological polar surface area (TPSA) is 237 Å². The van der Waals surface area contributed by atoms with Gasteiger partial charge in [-0.1, -0.05) is 274 Å². The summed E-state index contributed by atoms with van der Waals surface area (Å²) in [5.74, 6) is -2.31. The first-order valence-corrected chi connectivity index (χ1v) is 43.0. The maximum atomic E-state index is 13.1. The van der Waals surface area contributed by atoms with Crippen LogP contribution in [-0.2, 0) is 65.4 Å². The minimum Gasteiger partial charge on any atom is -0.462 e. The molecule has 0 bridgehead atoms. The lowest BCUT2D eigenvalue weighted by atomic mass is 10.1. The zero-order chi connectivity index (χ0) is 77.4. The van der Waals surface area contributed by atoms with E-state index in [4.69, 9.17) is 37.0 Å². The number of aliphatic hydroxyl groups is 1. The van der Waals surface area contributed by atoms with E-state index in [1.54, 1.807) is 0 Å². The Labute approximate surface area is 641 Å². The molecule has 0 saturated carbocycles. The number of aliphatic hydroxyl groups excluding tert-OH is 1. The number of ether oxygens (including phenoxy) is 4. The first-order valence-electron chi connectivity index (χ1n) is 40.0. The van der Waals surface area contributed by atoms with E-state index in [0.717, 1.165) is 199 Å². The molecule has 0 radical (unpaired) electrons. The molecule has 0 aromatic carbocycles. The Morgan fingerprint density at radius 2 is 0.472 bits per heavy atom. The maximum Gasteiger partial charge on any atom is 0.472 e. The van der Waals surface area contributed by atoms with Crippen molar-refractivity contribution in [1.29, 1.82) is 0 Å². The zero-order valence-corrected chi connectivity index (χ0v) is 67.3. The van der Waals surface area contributed by atoms with Crippen LogP contribution in [0.15, 0.2) is 182 Å². The standard InChI is InChI=1S/C87H140O17P2/c1-5-9-13-17-21-25-29-33-37-40-44-47-51-55-59-63-67-71-84(89)97-77-82(103-86(91)73-69-65-61-57-53-49-43-36-32-28-24-20-16-12-8-4)79-101-105(93,94)99-75-81(88)76-100-106(95,96)102-80-83(104-87(92)74-70-66-62-58-54-50-46-42-39-35-31-27-23-19-15-11-7-3)78-98-85(90)72-68-64-60-56-52-48-45-41-38-34-30-26-22-18-14-10-6-2/h9-16,21-28,33-39,43,45-46,48,50,56,60,81-83,88H,5-8,17-20,29-32,40-42,44,47,49,51-55,57-59,61-80H2,1-4H3,(H,93,94)(H,95,96)/b13-9-,14-10-,15-11-,16-12-,25-21-,26-22-,27-23-,28-24-,37-33-,38-34-,39-35-,43-36-,48-45-,50-46-,60-56-. The second kappa shape index (κ2) is 77.3. The summed E-state index contributed by atoms with van der Waals surface area (Å²) >= 11 is 0. The number of carbonyl (C=O) groups excluding carboxylic acids is 4. The van der Waals surface area contributed by atoms with Crippen molar-refractivity contribution in [2.45, 2.75) is 303 Å². The molecule has 3 N–H and O–H groups in total. The van der Waals surface area contributed by atoms with Gasteiger partial charge in [-0.2, -0.15) is 0 Å². The largest absolute Gasteiger partial charge is 0.472 e. The number of rotatable bonds is 73. The molecule has 5 unspecified atom stereocenters. The summed E-state index contributed by atoms with van der Waals surface area (Å²) in [6, 6.07) is 0. The summed E-state index contributed by atoms with van der Waals surface area (Å²) in [5.41, 5.74) is 0. The predicted molar refractivity (Wildman–Crippen MR) is 436 cm³/mol. The molecule has 106 heavy (non-hydrogen) atoms. The smallest absolute Gasteiger partial charge is 0.462 e. The maximum absolute atomic E-state index is 13.1. The second-order valence-electron chi connectivity index (χ2n) is 25.8. The monoisotopic (exact) mass is 1520 g/mol. The van der Waals surface area contributed by atoms with Gasteiger partial charge in [0.1, 0.15) is 19.3 Å². The fourth-order valence-corrected chi connectivity index (χ4v) is 11.5. The lowest BCUT2D eigenvalue weighted by molar-refractivity contribution is -0.161. The zero-order valence-electron chi connectivity index (χ0n) is 65.5. The van der Waals surface area contributed by atoms with Crippen LogP contribution in [0.1, 0.15) is 285 Å². The fourth-order valence-electron chi connectivity index (χ4n) is 9.92. The molecular formula is C87H140O17P2. The summed E-state index contributed by atoms with van der Waals surface area (Å²) in [4.78, 5) is 73.1. The minimum atomic E-state index is -5.01. The highest BCUT2D eigenvalue weighted by Gasteiger charge is 2.30. The third-order valence-electron chi connectivity index (χ3n) is 15.9. The van der Waals surface area contributed by atoms with E-state index in [1.165, 1.54) is 0 Å². The van der Waals surface area contributed by atoms with E-state index in [2.05, 4.69) is 198 Å². The number of hydrogen-bond donors (Lipinski definition) is 3. The second-order valence-corrected chi connectivity index (χ2v) is 28.7. The number of hydrogen-bond acceptors (Lipinski definition) is 15. The Balaban J connectivity index is 5.48. The third kappa shape index (κ3) is 76.4. The number of phosphoric acid groups is 2. The molecule has 600 valence electrons. The van der Waals surface area contributed by atoms with Crippen molar-refractivity contribution in [1.82, 2.24) is 0 Å². The van der Waals surface area contributed by atoms with Gasteiger partial charge in [0.15, 0.2) is 12.2 Å². The number of carbonyl (C=O) groups is 4. The van der Waals surface area contributed by atoms with Gasteiger partial charge in [-0.15, -0.1) is 0 Å². The van der Waals surface area contributed by atoms with Gasteiger partial charge in [-0.05, 0) is 167 Å². The summed E-state index contributed by atoms with van der Waals surface area (Å²) < 4.78 is 68.6. The van der Waals surface area contributed by atoms with Gasteiger partial charge >= 0.3 is 39.5 Å². The molecule has 0 aliphatic carbocycles. The van der Waals surface area contributed by atoms with Crippen LogP contribution in [0.2, 0.25) is 0 Å². The van der Waals surface area contributed by atoms with Crippen molar-refractivity contribution in [3.8, 4) is 0 Å². The van der Waals surface area contributed by atoms with E-state index in [-0.39, 0.29) is 25.7 Å². The van der Waals surface area contributed by atoms with Gasteiger partial charge in [-0.25, -0.2) is 9.13 Å². The molecule has 0 rings (SSSR count). The SMILES string of the molecule is CC/C=C\C/C=C\C/C=C\C/C=C\C/C=C\CCCC(=O)OCC(COP(=O)(O)OCC(O)COP(=O)(O)OCC(COC(=O)CCCCCCCCC/C=C\C/C=C\C/C=C\CC)OC(=O)CCCCCCC/C=C\C/C=C\C/C=C\CC)OC(=O)CCCCCC/C=C\C/C=C\C/C=C\C/C=C\CC. The molecule has 0 aromatic rings. The fraction of sp³-hybridized carbons (Fsp3) is 0.609. The first kappa shape index (κ1) is 100. The summed E-state index contributed by atoms with van der Waals surface area (Å²) in [6.07, 6.45) is 93.0. The molecule has 0 aromatic heterocycles. The van der Waals surface area contributed by atoms with Crippen LogP contribution in [0.4, 0.5) is 0 Å². The minimum absolute atomic E-state index is 0.0472. The van der Waals surface area contributed by atoms with E-state index in [1.807, 2.05) is 12.2 Å². The molecule has 17 nitrogen and oxygen atoms in total. The highest BCUT2D eigenvalue weighted by atomic mass is 31.2. The molecule has 0 spiro atoms. The lowest BCUT2D eigenvalue weighted by Crippen LogP contribution is -2.30. The van der Waals surface area contributed by atoms with Gasteiger partial charge in [0.05, 0.1) is 26.4 Å². The van der Waals surface area contributed by atoms with Gasteiger partial charge < -0.3 is 33.8 Å². The van der Waals surface area contributed by atoms with Crippen LogP contribution in [0.25, 0.3) is 0 Å². The van der Waals surface area contributed by atoms with Crippen molar-refractivity contribution in [2.24, 2.45) is 0 Å². The average Bonchev–Trinajstić information content (AvgIpc) is 0.902. The van der Waals surface area contributed by atoms with Crippen molar-refractivity contribution in [3.05, 3.63) is 182 Å². The Morgan fingerprint density at radius 3 is 0.745 bits per heavy atom. The van der Waals surface area contributed by atoms with E-state index in [9.17, 15) is 43.2 Å². The molecule has 19 heteroatoms. The number of phosphoric ester groups is 2. The Kier molecular flexibility index (Phi) is 73.1. The number of unbranched alkanes of at least 4 members (excludes halogenated alkanes) is 17. The Bertz CT molecular complexity index is 2730. The highest BCUT2D eigenvalue weighted by molar-refractivity contribution is 7.47. The van der Waals surface area contributed by atoms with Gasteiger partial charge in [-0.3, -0.25) is 37.3 Å². The highest BCUT2D eigenvalue weighted by Crippen LogP contribution is 2.45. The lowest BCUT2D eigenvalue weighted by Gasteiger charge is -2.21. The normalized spacial score (nSPS) is 14.8. The summed E-state index contributed by atoms with van der Waals surface area (Å²) in [7, 11) is -10.0. The molecule has 0 aliphatic rings. The Morgan fingerprint density at radius 1 is 0.264 bits per heavy atom. The molecule has 0 fully saturated rings. The molecule has 5 atom stereocenters. The van der Waals surface area contributed by atoms with Crippen molar-refractivity contribution in [2.75, 3.05) is 39.6 Å².